The van der Waals surface area contributed by atoms with E-state index in [-0.39, 0.29) is 11.7 Å². The van der Waals surface area contributed by atoms with Crippen LogP contribution < -0.4 is 10.1 Å². The third-order valence-electron chi connectivity index (χ3n) is 4.06. The monoisotopic (exact) mass is 359 g/mol. The van der Waals surface area contributed by atoms with Gasteiger partial charge in [-0.15, -0.1) is 0 Å². The zero-order valence-electron chi connectivity index (χ0n) is 14.7. The molecule has 0 aliphatic heterocycles. The number of amides is 1. The number of rotatable bonds is 6. The molecule has 1 amide bonds. The molecule has 6 nitrogen and oxygen atoms in total. The maximum atomic E-state index is 12.6. The van der Waals surface area contributed by atoms with Gasteiger partial charge in [-0.1, -0.05) is 24.3 Å². The fourth-order valence-electron chi connectivity index (χ4n) is 2.56. The van der Waals surface area contributed by atoms with Crippen molar-refractivity contribution in [1.29, 1.82) is 5.26 Å². The van der Waals surface area contributed by atoms with Gasteiger partial charge in [0.2, 0.25) is 0 Å². The minimum absolute atomic E-state index is 0.198. The Kier molecular flexibility index (Phi) is 5.33. The number of methoxy groups -OCH3 is 1. The fourth-order valence-corrected chi connectivity index (χ4v) is 2.56. The quantitative estimate of drug-likeness (QED) is 0.661. The number of hydrogen-bond donors (Lipinski definition) is 2. The van der Waals surface area contributed by atoms with Crippen LogP contribution in [-0.2, 0) is 6.54 Å². The summed E-state index contributed by atoms with van der Waals surface area (Å²) in [6, 6.07) is 17.4. The van der Waals surface area contributed by atoms with Crippen LogP contribution in [0.15, 0.2) is 60.8 Å². The van der Waals surface area contributed by atoms with Crippen LogP contribution in [0.1, 0.15) is 37.5 Å². The Morgan fingerprint density at radius 2 is 1.89 bits per heavy atom. The minimum atomic E-state index is -0.316. The highest BCUT2D eigenvalue weighted by Crippen LogP contribution is 2.17. The predicted octanol–water partition coefficient (Wildman–Crippen LogP) is 3.06. The number of ether oxygens (including phenoxy) is 1. The van der Waals surface area contributed by atoms with E-state index < -0.39 is 0 Å². The molecule has 134 valence electrons. The van der Waals surface area contributed by atoms with E-state index in [9.17, 15) is 9.59 Å². The average Bonchev–Trinajstić information content (AvgIpc) is 3.22. The summed E-state index contributed by atoms with van der Waals surface area (Å²) in [6.45, 7) is 0.322. The molecule has 0 fully saturated rings. The molecule has 0 saturated carbocycles. The molecule has 0 atom stereocenters. The number of ketones is 1. The van der Waals surface area contributed by atoms with Gasteiger partial charge in [0.05, 0.1) is 18.7 Å². The first kappa shape index (κ1) is 18.0. The second kappa shape index (κ2) is 8.02. The molecule has 0 aliphatic carbocycles. The SMILES string of the molecule is COc1cccc(C(=O)c2c[nH]c(C(=O)NCc3ccc(C#N)cc3)c2)c1. The van der Waals surface area contributed by atoms with E-state index in [0.717, 1.165) is 5.56 Å². The molecule has 2 N–H and O–H groups in total. The van der Waals surface area contributed by atoms with Crippen molar-refractivity contribution < 1.29 is 14.3 Å². The van der Waals surface area contributed by atoms with Crippen LogP contribution in [-0.4, -0.2) is 23.8 Å². The minimum Gasteiger partial charge on any atom is -0.497 e. The molecule has 0 radical (unpaired) electrons. The van der Waals surface area contributed by atoms with Crippen LogP contribution in [0.5, 0.6) is 5.75 Å². The number of hydrogen-bond acceptors (Lipinski definition) is 4. The Hall–Kier alpha value is -3.85. The van der Waals surface area contributed by atoms with Crippen LogP contribution in [0, 0.1) is 11.3 Å². The van der Waals surface area contributed by atoms with Crippen LogP contribution >= 0.6 is 0 Å². The lowest BCUT2D eigenvalue weighted by Crippen LogP contribution is -2.23. The Morgan fingerprint density at radius 1 is 1.11 bits per heavy atom. The van der Waals surface area contributed by atoms with Crippen molar-refractivity contribution in [3.63, 3.8) is 0 Å². The molecular weight excluding hydrogens is 342 g/mol. The maximum Gasteiger partial charge on any atom is 0.267 e. The third kappa shape index (κ3) is 4.22. The molecule has 1 aromatic heterocycles. The molecule has 0 saturated heterocycles. The fraction of sp³-hybridized carbons (Fsp3) is 0.0952. The van der Waals surface area contributed by atoms with Gasteiger partial charge in [0.25, 0.3) is 5.91 Å². The lowest BCUT2D eigenvalue weighted by atomic mass is 10.1. The van der Waals surface area contributed by atoms with E-state index in [0.29, 0.717) is 34.7 Å². The van der Waals surface area contributed by atoms with Gasteiger partial charge in [0.1, 0.15) is 11.4 Å². The second-order valence-corrected chi connectivity index (χ2v) is 5.85. The largest absolute Gasteiger partial charge is 0.497 e. The Bertz CT molecular complexity index is 1010. The Balaban J connectivity index is 1.66. The van der Waals surface area contributed by atoms with Crippen LogP contribution in [0.25, 0.3) is 0 Å². The number of aromatic amines is 1. The number of carbonyl (C=O) groups excluding carboxylic acids is 2. The van der Waals surface area contributed by atoms with Gasteiger partial charge in [-0.25, -0.2) is 0 Å². The van der Waals surface area contributed by atoms with Gasteiger partial charge < -0.3 is 15.0 Å². The highest BCUT2D eigenvalue weighted by atomic mass is 16.5. The summed E-state index contributed by atoms with van der Waals surface area (Å²) in [5, 5.41) is 11.6. The first-order chi connectivity index (χ1) is 13.1. The smallest absolute Gasteiger partial charge is 0.267 e. The summed E-state index contributed by atoms with van der Waals surface area (Å²) < 4.78 is 5.13. The Labute approximate surface area is 156 Å². The molecule has 3 rings (SSSR count). The van der Waals surface area contributed by atoms with E-state index in [1.165, 1.54) is 19.4 Å². The van der Waals surface area contributed by atoms with Gasteiger partial charge in [-0.2, -0.15) is 5.26 Å². The third-order valence-corrected chi connectivity index (χ3v) is 4.06. The summed E-state index contributed by atoms with van der Waals surface area (Å²) in [6.07, 6.45) is 1.51. The summed E-state index contributed by atoms with van der Waals surface area (Å²) in [7, 11) is 1.54. The molecule has 0 spiro atoms. The van der Waals surface area contributed by atoms with E-state index in [1.807, 2.05) is 6.07 Å². The summed E-state index contributed by atoms with van der Waals surface area (Å²) in [5.41, 5.74) is 2.62. The van der Waals surface area contributed by atoms with Crippen molar-refractivity contribution in [2.75, 3.05) is 7.11 Å². The van der Waals surface area contributed by atoms with E-state index >= 15 is 0 Å². The first-order valence-corrected chi connectivity index (χ1v) is 8.25. The summed E-state index contributed by atoms with van der Waals surface area (Å²) >= 11 is 0. The van der Waals surface area contributed by atoms with E-state index in [1.54, 1.807) is 48.5 Å². The summed E-state index contributed by atoms with van der Waals surface area (Å²) in [5.74, 6) is 0.0807. The zero-order valence-corrected chi connectivity index (χ0v) is 14.7. The van der Waals surface area contributed by atoms with Gasteiger partial charge in [0, 0.05) is 23.9 Å². The van der Waals surface area contributed by atoms with E-state index in [2.05, 4.69) is 10.3 Å². The second-order valence-electron chi connectivity index (χ2n) is 5.85. The lowest BCUT2D eigenvalue weighted by Gasteiger charge is -2.04. The van der Waals surface area contributed by atoms with E-state index in [4.69, 9.17) is 10.00 Å². The number of H-pyrrole nitrogens is 1. The average molecular weight is 359 g/mol. The maximum absolute atomic E-state index is 12.6. The standard InChI is InChI=1S/C21H17N3O3/c1-27-18-4-2-3-16(9-18)20(25)17-10-19(23-13-17)21(26)24-12-15-7-5-14(11-22)6-8-15/h2-10,13,23H,12H2,1H3,(H,24,26). The van der Waals surface area contributed by atoms with Crippen molar-refractivity contribution in [3.05, 3.63) is 88.7 Å². The van der Waals surface area contributed by atoms with Crippen molar-refractivity contribution in [3.8, 4) is 11.8 Å². The highest BCUT2D eigenvalue weighted by Gasteiger charge is 2.15. The van der Waals surface area contributed by atoms with Crippen molar-refractivity contribution >= 4 is 11.7 Å². The van der Waals surface area contributed by atoms with Gasteiger partial charge in [0.15, 0.2) is 5.78 Å². The molecular formula is C21H17N3O3. The first-order valence-electron chi connectivity index (χ1n) is 8.25. The number of nitrogens with one attached hydrogen (secondary N) is 2. The van der Waals surface area contributed by atoms with Gasteiger partial charge in [-0.05, 0) is 35.9 Å². The lowest BCUT2D eigenvalue weighted by molar-refractivity contribution is 0.0946. The van der Waals surface area contributed by atoms with Crippen LogP contribution in [0.2, 0.25) is 0 Å². The number of carbonyl (C=O) groups is 2. The molecule has 0 bridgehead atoms. The molecule has 3 aromatic rings. The van der Waals surface area contributed by atoms with Gasteiger partial charge >= 0.3 is 0 Å². The Morgan fingerprint density at radius 3 is 2.59 bits per heavy atom. The topological polar surface area (TPSA) is 95.0 Å². The van der Waals surface area contributed by atoms with Crippen molar-refractivity contribution in [1.82, 2.24) is 10.3 Å². The molecule has 0 unspecified atom stereocenters. The molecule has 2 aromatic carbocycles. The number of benzene rings is 2. The normalized spacial score (nSPS) is 10.1. The molecule has 0 aliphatic rings. The zero-order chi connectivity index (χ0) is 19.2. The molecule has 6 heteroatoms. The van der Waals surface area contributed by atoms with Gasteiger partial charge in [-0.3, -0.25) is 9.59 Å². The molecule has 1 heterocycles. The van der Waals surface area contributed by atoms with Crippen molar-refractivity contribution in [2.24, 2.45) is 0 Å². The molecule has 27 heavy (non-hydrogen) atoms. The predicted molar refractivity (Wildman–Crippen MR) is 99.5 cm³/mol. The van der Waals surface area contributed by atoms with Crippen LogP contribution in [0.3, 0.4) is 0 Å². The highest BCUT2D eigenvalue weighted by molar-refractivity contribution is 6.10. The van der Waals surface area contributed by atoms with Crippen LogP contribution in [0.4, 0.5) is 0 Å². The summed E-state index contributed by atoms with van der Waals surface area (Å²) in [4.78, 5) is 27.7. The van der Waals surface area contributed by atoms with Crippen molar-refractivity contribution in [2.45, 2.75) is 6.54 Å². The number of nitriles is 1. The number of nitrogens with zero attached hydrogens (tertiary/aromatic N) is 1. The number of aromatic nitrogens is 1.